The van der Waals surface area contributed by atoms with E-state index < -0.39 is 6.23 Å². The predicted octanol–water partition coefficient (Wildman–Crippen LogP) is 2.71. The fraction of sp³-hybridized carbons (Fsp3) is 0.750. The molecule has 1 rings (SSSR count). The van der Waals surface area contributed by atoms with Crippen molar-refractivity contribution in [2.45, 2.75) is 83.4 Å². The first kappa shape index (κ1) is 24.4. The lowest BCUT2D eigenvalue weighted by Gasteiger charge is -2.12. The van der Waals surface area contributed by atoms with Crippen LogP contribution in [-0.2, 0) is 19.1 Å². The summed E-state index contributed by atoms with van der Waals surface area (Å²) in [5.74, 6) is -0.547. The van der Waals surface area contributed by atoms with Gasteiger partial charge in [0.1, 0.15) is 6.23 Å². The van der Waals surface area contributed by atoms with Gasteiger partial charge in [-0.1, -0.05) is 45.1 Å². The number of esters is 2. The van der Waals surface area contributed by atoms with Crippen LogP contribution in [-0.4, -0.2) is 47.6 Å². The van der Waals surface area contributed by atoms with Crippen molar-refractivity contribution in [3.05, 3.63) is 12.2 Å². The van der Waals surface area contributed by atoms with Gasteiger partial charge in [0.05, 0.1) is 19.3 Å². The second kappa shape index (κ2) is 14.3. The standard InChI is InChI=1S/C20H34N2O5S/c1-15(2)19(25)27-14-10-8-6-4-3-5-7-9-13-26-17(23)12-11-16-18(24)22-20(28)21-16/h16,18,24H,1,3-14H2,2H3,(H2,21,22,28). The highest BCUT2D eigenvalue weighted by Crippen LogP contribution is 2.10. The van der Waals surface area contributed by atoms with Crippen LogP contribution in [0.1, 0.15) is 71.1 Å². The third-order valence-corrected chi connectivity index (χ3v) is 4.76. The van der Waals surface area contributed by atoms with Crippen molar-refractivity contribution in [2.75, 3.05) is 13.2 Å². The molecule has 8 heteroatoms. The summed E-state index contributed by atoms with van der Waals surface area (Å²) in [7, 11) is 0. The summed E-state index contributed by atoms with van der Waals surface area (Å²) < 4.78 is 10.3. The number of rotatable bonds is 15. The van der Waals surface area contributed by atoms with E-state index in [0.717, 1.165) is 44.9 Å². The van der Waals surface area contributed by atoms with Crippen molar-refractivity contribution in [2.24, 2.45) is 0 Å². The molecule has 2 atom stereocenters. The Morgan fingerprint density at radius 2 is 1.54 bits per heavy atom. The SMILES string of the molecule is C=C(C)C(=O)OCCCCCCCCCCOC(=O)CCC1NC(=S)NC1O. The van der Waals surface area contributed by atoms with E-state index in [1.807, 2.05) is 0 Å². The zero-order valence-corrected chi connectivity index (χ0v) is 17.7. The number of thiocarbonyl (C=S) groups is 1. The smallest absolute Gasteiger partial charge is 0.333 e. The maximum atomic E-state index is 11.7. The number of aliphatic hydroxyl groups excluding tert-OH is 1. The number of unbranched alkanes of at least 4 members (excludes halogenated alkanes) is 7. The van der Waals surface area contributed by atoms with Gasteiger partial charge < -0.3 is 25.2 Å². The van der Waals surface area contributed by atoms with Crippen molar-refractivity contribution >= 4 is 29.3 Å². The first-order valence-corrected chi connectivity index (χ1v) is 10.5. The molecule has 1 heterocycles. The fourth-order valence-corrected chi connectivity index (χ4v) is 3.11. The number of hydrogen-bond donors (Lipinski definition) is 3. The Labute approximate surface area is 173 Å². The van der Waals surface area contributed by atoms with Crippen LogP contribution < -0.4 is 10.6 Å². The molecule has 1 aliphatic rings. The average Bonchev–Trinajstić information content (AvgIpc) is 2.97. The van der Waals surface area contributed by atoms with Crippen molar-refractivity contribution in [3.8, 4) is 0 Å². The van der Waals surface area contributed by atoms with Gasteiger partial charge >= 0.3 is 11.9 Å². The fourth-order valence-electron chi connectivity index (χ4n) is 2.84. The summed E-state index contributed by atoms with van der Waals surface area (Å²) in [6, 6.07) is -0.238. The van der Waals surface area contributed by atoms with Gasteiger partial charge in [-0.2, -0.15) is 0 Å². The highest BCUT2D eigenvalue weighted by atomic mass is 32.1. The molecule has 0 aliphatic carbocycles. The molecule has 7 nitrogen and oxygen atoms in total. The highest BCUT2D eigenvalue weighted by Gasteiger charge is 2.27. The van der Waals surface area contributed by atoms with Gasteiger partial charge in [-0.3, -0.25) is 4.79 Å². The molecular weight excluding hydrogens is 380 g/mol. The van der Waals surface area contributed by atoms with Gasteiger partial charge in [-0.05, 0) is 38.4 Å². The molecule has 0 amide bonds. The molecule has 160 valence electrons. The van der Waals surface area contributed by atoms with E-state index in [1.165, 1.54) is 6.42 Å². The summed E-state index contributed by atoms with van der Waals surface area (Å²) >= 11 is 4.91. The molecule has 3 N–H and O–H groups in total. The summed E-state index contributed by atoms with van der Waals surface area (Å²) in [6.45, 7) is 6.11. The lowest BCUT2D eigenvalue weighted by Crippen LogP contribution is -2.33. The molecule has 1 aliphatic heterocycles. The zero-order valence-electron chi connectivity index (χ0n) is 16.8. The number of ether oxygens (including phenoxy) is 2. The van der Waals surface area contributed by atoms with E-state index in [-0.39, 0.29) is 24.4 Å². The molecule has 0 saturated carbocycles. The van der Waals surface area contributed by atoms with Crippen molar-refractivity contribution in [3.63, 3.8) is 0 Å². The molecule has 0 bridgehead atoms. The first-order valence-electron chi connectivity index (χ1n) is 10.1. The molecule has 0 aromatic heterocycles. The quantitative estimate of drug-likeness (QED) is 0.163. The van der Waals surface area contributed by atoms with Crippen LogP contribution in [0.3, 0.4) is 0 Å². The number of hydrogen-bond acceptors (Lipinski definition) is 6. The van der Waals surface area contributed by atoms with Gasteiger partial charge in [0, 0.05) is 12.0 Å². The topological polar surface area (TPSA) is 96.9 Å². The summed E-state index contributed by atoms with van der Waals surface area (Å²) in [5.41, 5.74) is 0.442. The van der Waals surface area contributed by atoms with E-state index in [4.69, 9.17) is 21.7 Å². The molecular formula is C20H34N2O5S. The van der Waals surface area contributed by atoms with Crippen LogP contribution in [0.2, 0.25) is 0 Å². The Hall–Kier alpha value is -1.67. The molecule has 0 aromatic rings. The number of carbonyl (C=O) groups excluding carboxylic acids is 2. The minimum absolute atomic E-state index is 0.237. The molecule has 0 spiro atoms. The molecule has 28 heavy (non-hydrogen) atoms. The van der Waals surface area contributed by atoms with Gasteiger partial charge in [0.2, 0.25) is 0 Å². The maximum Gasteiger partial charge on any atom is 0.333 e. The minimum atomic E-state index is -0.744. The van der Waals surface area contributed by atoms with E-state index >= 15 is 0 Å². The van der Waals surface area contributed by atoms with Crippen LogP contribution in [0.25, 0.3) is 0 Å². The van der Waals surface area contributed by atoms with Gasteiger partial charge in [0.25, 0.3) is 0 Å². The number of aliphatic hydroxyl groups is 1. The van der Waals surface area contributed by atoms with E-state index in [1.54, 1.807) is 6.92 Å². The minimum Gasteiger partial charge on any atom is -0.466 e. The molecule has 1 saturated heterocycles. The van der Waals surface area contributed by atoms with Crippen molar-refractivity contribution in [1.82, 2.24) is 10.6 Å². The second-order valence-corrected chi connectivity index (χ2v) is 7.58. The third-order valence-electron chi connectivity index (χ3n) is 4.52. The molecule has 0 radical (unpaired) electrons. The largest absolute Gasteiger partial charge is 0.466 e. The normalized spacial score (nSPS) is 18.3. The van der Waals surface area contributed by atoms with Crippen LogP contribution in [0.15, 0.2) is 12.2 Å². The third kappa shape index (κ3) is 11.2. The summed E-state index contributed by atoms with van der Waals surface area (Å²) in [6.07, 6.45) is 8.48. The van der Waals surface area contributed by atoms with Crippen molar-refractivity contribution in [1.29, 1.82) is 0 Å². The predicted molar refractivity (Wildman–Crippen MR) is 112 cm³/mol. The Kier molecular flexibility index (Phi) is 12.5. The van der Waals surface area contributed by atoms with Crippen molar-refractivity contribution < 1.29 is 24.2 Å². The van der Waals surface area contributed by atoms with Gasteiger partial charge in [-0.25, -0.2) is 4.79 Å². The Morgan fingerprint density at radius 3 is 2.04 bits per heavy atom. The van der Waals surface area contributed by atoms with Crippen LogP contribution in [0.5, 0.6) is 0 Å². The molecule has 0 aromatic carbocycles. The van der Waals surface area contributed by atoms with Crippen LogP contribution >= 0.6 is 12.2 Å². The molecule has 1 fully saturated rings. The van der Waals surface area contributed by atoms with Crippen LogP contribution in [0.4, 0.5) is 0 Å². The Bertz CT molecular complexity index is 527. The number of carbonyl (C=O) groups is 2. The van der Waals surface area contributed by atoms with E-state index in [0.29, 0.717) is 30.3 Å². The van der Waals surface area contributed by atoms with E-state index in [2.05, 4.69) is 17.2 Å². The molecule has 2 unspecified atom stereocenters. The Balaban J connectivity index is 1.83. The maximum absolute atomic E-state index is 11.7. The van der Waals surface area contributed by atoms with Gasteiger partial charge in [0.15, 0.2) is 5.11 Å². The summed E-state index contributed by atoms with van der Waals surface area (Å²) in [4.78, 5) is 22.9. The average molecular weight is 415 g/mol. The van der Waals surface area contributed by atoms with Gasteiger partial charge in [-0.15, -0.1) is 0 Å². The van der Waals surface area contributed by atoms with E-state index in [9.17, 15) is 14.7 Å². The zero-order chi connectivity index (χ0) is 20.8. The monoisotopic (exact) mass is 414 g/mol. The van der Waals surface area contributed by atoms with Crippen LogP contribution in [0, 0.1) is 0 Å². The Morgan fingerprint density at radius 1 is 1.00 bits per heavy atom. The second-order valence-electron chi connectivity index (χ2n) is 7.17. The first-order chi connectivity index (χ1) is 13.4. The summed E-state index contributed by atoms with van der Waals surface area (Å²) in [5, 5.41) is 15.7. The lowest BCUT2D eigenvalue weighted by molar-refractivity contribution is -0.144. The number of nitrogens with one attached hydrogen (secondary N) is 2. The highest BCUT2D eigenvalue weighted by molar-refractivity contribution is 7.80. The lowest BCUT2D eigenvalue weighted by atomic mass is 10.1.